The van der Waals surface area contributed by atoms with E-state index in [9.17, 15) is 9.59 Å². The van der Waals surface area contributed by atoms with Gasteiger partial charge in [-0.15, -0.1) is 11.8 Å². The Labute approximate surface area is 144 Å². The summed E-state index contributed by atoms with van der Waals surface area (Å²) in [6.45, 7) is 0.791. The maximum Gasteiger partial charge on any atom is 0.339 e. The number of aromatic carboxylic acids is 1. The Kier molecular flexibility index (Phi) is 4.94. The molecule has 0 aliphatic heterocycles. The molecule has 1 N–H and O–H groups in total. The van der Waals surface area contributed by atoms with E-state index in [0.717, 1.165) is 11.4 Å². The summed E-state index contributed by atoms with van der Waals surface area (Å²) in [6.07, 6.45) is 3.77. The maximum absolute atomic E-state index is 12.7. The van der Waals surface area contributed by atoms with Crippen molar-refractivity contribution in [1.29, 1.82) is 0 Å². The number of thioether (sulfide) groups is 1. The van der Waals surface area contributed by atoms with Crippen molar-refractivity contribution in [3.8, 4) is 0 Å². The third kappa shape index (κ3) is 3.82. The summed E-state index contributed by atoms with van der Waals surface area (Å²) >= 11 is 1.41. The molecule has 1 fully saturated rings. The quantitative estimate of drug-likeness (QED) is 0.774. The lowest BCUT2D eigenvalue weighted by Gasteiger charge is -2.18. The number of hydrogen-bond donors (Lipinski definition) is 1. The number of benzene rings is 1. The van der Waals surface area contributed by atoms with Crippen molar-refractivity contribution in [2.24, 2.45) is 5.92 Å². The molecule has 3 rings (SSSR count). The maximum atomic E-state index is 12.7. The van der Waals surface area contributed by atoms with E-state index in [1.54, 1.807) is 4.90 Å². The normalized spacial score (nSPS) is 13.7. The van der Waals surface area contributed by atoms with Gasteiger partial charge in [-0.25, -0.2) is 4.79 Å². The van der Waals surface area contributed by atoms with Gasteiger partial charge in [0.05, 0.1) is 17.6 Å². The van der Waals surface area contributed by atoms with Crippen molar-refractivity contribution in [1.82, 2.24) is 4.90 Å². The van der Waals surface area contributed by atoms with Crippen LogP contribution in [0.1, 0.15) is 39.3 Å². The van der Waals surface area contributed by atoms with Crippen LogP contribution in [0, 0.1) is 5.92 Å². The fraction of sp³-hybridized carbons (Fsp3) is 0.333. The molecule has 0 bridgehead atoms. The Morgan fingerprint density at radius 1 is 1.25 bits per heavy atom. The van der Waals surface area contributed by atoms with Crippen molar-refractivity contribution < 1.29 is 19.1 Å². The zero-order valence-electron chi connectivity index (χ0n) is 13.4. The van der Waals surface area contributed by atoms with E-state index < -0.39 is 5.97 Å². The molecule has 0 spiro atoms. The molecule has 1 aromatic heterocycles. The number of carbonyl (C=O) groups is 2. The predicted octanol–water partition coefficient (Wildman–Crippen LogP) is 3.75. The number of carboxylic acids is 1. The smallest absolute Gasteiger partial charge is 0.339 e. The summed E-state index contributed by atoms with van der Waals surface area (Å²) in [6, 6.07) is 8.86. The highest BCUT2D eigenvalue weighted by Gasteiger charge is 2.26. The molecule has 1 amide bonds. The minimum atomic E-state index is -1.01. The Bertz CT molecular complexity index is 751. The first kappa shape index (κ1) is 16.6. The van der Waals surface area contributed by atoms with E-state index in [1.807, 2.05) is 31.3 Å². The number of hydrogen-bond acceptors (Lipinski definition) is 4. The first-order valence-corrected chi connectivity index (χ1v) is 8.81. The van der Waals surface area contributed by atoms with Crippen molar-refractivity contribution in [2.45, 2.75) is 23.5 Å². The Morgan fingerprint density at radius 3 is 2.71 bits per heavy atom. The van der Waals surface area contributed by atoms with E-state index in [2.05, 4.69) is 0 Å². The molecule has 0 atom stereocenters. The molecular weight excluding hydrogens is 326 g/mol. The number of furan rings is 1. The van der Waals surface area contributed by atoms with Crippen LogP contribution in [0.2, 0.25) is 0 Å². The Morgan fingerprint density at radius 2 is 2.00 bits per heavy atom. The summed E-state index contributed by atoms with van der Waals surface area (Å²) in [5.74, 6) is 0.405. The molecule has 6 heteroatoms. The highest BCUT2D eigenvalue weighted by molar-refractivity contribution is 7.98. The number of rotatable bonds is 7. The SMILES string of the molecule is CN(CC1CC1)C(=O)c1ccccc1SCc1occc1C(=O)O. The van der Waals surface area contributed by atoms with Gasteiger partial charge in [0, 0.05) is 18.5 Å². The predicted molar refractivity (Wildman–Crippen MR) is 91.4 cm³/mol. The summed E-state index contributed by atoms with van der Waals surface area (Å²) in [7, 11) is 1.83. The molecule has 0 unspecified atom stereocenters. The van der Waals surface area contributed by atoms with E-state index >= 15 is 0 Å². The molecule has 0 saturated heterocycles. The summed E-state index contributed by atoms with van der Waals surface area (Å²) in [5, 5.41) is 9.13. The molecule has 1 saturated carbocycles. The van der Waals surface area contributed by atoms with Crippen LogP contribution in [0.4, 0.5) is 0 Å². The molecule has 1 aliphatic rings. The van der Waals surface area contributed by atoms with Crippen LogP contribution in [0.25, 0.3) is 0 Å². The third-order valence-corrected chi connectivity index (χ3v) is 5.10. The first-order valence-electron chi connectivity index (χ1n) is 7.83. The van der Waals surface area contributed by atoms with Gasteiger partial charge in [0.15, 0.2) is 0 Å². The van der Waals surface area contributed by atoms with E-state index in [0.29, 0.717) is 23.0 Å². The van der Waals surface area contributed by atoms with Crippen molar-refractivity contribution in [3.05, 3.63) is 53.5 Å². The lowest BCUT2D eigenvalue weighted by Crippen LogP contribution is -2.29. The van der Waals surface area contributed by atoms with Gasteiger partial charge >= 0.3 is 5.97 Å². The molecule has 1 aromatic carbocycles. The highest BCUT2D eigenvalue weighted by atomic mass is 32.2. The molecule has 126 valence electrons. The van der Waals surface area contributed by atoms with Gasteiger partial charge in [-0.2, -0.15) is 0 Å². The van der Waals surface area contributed by atoms with Gasteiger partial charge in [-0.1, -0.05) is 12.1 Å². The van der Waals surface area contributed by atoms with Gasteiger partial charge in [0.2, 0.25) is 0 Å². The highest BCUT2D eigenvalue weighted by Crippen LogP contribution is 2.31. The lowest BCUT2D eigenvalue weighted by molar-refractivity contribution is 0.0694. The van der Waals surface area contributed by atoms with Crippen LogP contribution in [-0.2, 0) is 5.75 Å². The monoisotopic (exact) mass is 345 g/mol. The molecule has 1 heterocycles. The van der Waals surface area contributed by atoms with E-state index in [4.69, 9.17) is 9.52 Å². The zero-order valence-corrected chi connectivity index (χ0v) is 14.2. The number of carboxylic acid groups (broad SMARTS) is 1. The molecule has 0 radical (unpaired) electrons. The second-order valence-electron chi connectivity index (χ2n) is 5.98. The molecule has 24 heavy (non-hydrogen) atoms. The molecular formula is C18H19NO4S. The second-order valence-corrected chi connectivity index (χ2v) is 6.99. The Hall–Kier alpha value is -2.21. The number of nitrogens with zero attached hydrogens (tertiary/aromatic N) is 1. The third-order valence-electron chi connectivity index (χ3n) is 4.03. The Balaban J connectivity index is 1.72. The van der Waals surface area contributed by atoms with Crippen molar-refractivity contribution in [2.75, 3.05) is 13.6 Å². The van der Waals surface area contributed by atoms with Gasteiger partial charge in [0.1, 0.15) is 11.3 Å². The first-order chi connectivity index (χ1) is 11.6. The second kappa shape index (κ2) is 7.13. The topological polar surface area (TPSA) is 70.8 Å². The number of amides is 1. The summed E-state index contributed by atoms with van der Waals surface area (Å²) in [4.78, 5) is 26.4. The van der Waals surface area contributed by atoms with Crippen LogP contribution in [0.5, 0.6) is 0 Å². The average molecular weight is 345 g/mol. The van der Waals surface area contributed by atoms with Gasteiger partial charge in [-0.05, 0) is 37.0 Å². The fourth-order valence-corrected chi connectivity index (χ4v) is 3.53. The molecule has 5 nitrogen and oxygen atoms in total. The summed E-state index contributed by atoms with van der Waals surface area (Å²) in [5.41, 5.74) is 0.811. The van der Waals surface area contributed by atoms with Gasteiger partial charge in [-0.3, -0.25) is 4.79 Å². The fourth-order valence-electron chi connectivity index (χ4n) is 2.53. The zero-order chi connectivity index (χ0) is 17.1. The van der Waals surface area contributed by atoms with Crippen molar-refractivity contribution >= 4 is 23.6 Å². The lowest BCUT2D eigenvalue weighted by atomic mass is 10.2. The van der Waals surface area contributed by atoms with Crippen LogP contribution in [0.3, 0.4) is 0 Å². The van der Waals surface area contributed by atoms with Crippen LogP contribution >= 0.6 is 11.8 Å². The standard InChI is InChI=1S/C18H19NO4S/c1-19(10-12-6-7-12)17(20)14-4-2-3-5-16(14)24-11-15-13(18(21)22)8-9-23-15/h2-5,8-9,12H,6-7,10-11H2,1H3,(H,21,22). The minimum Gasteiger partial charge on any atom is -0.478 e. The molecule has 1 aliphatic carbocycles. The average Bonchev–Trinajstić information content (AvgIpc) is 3.25. The van der Waals surface area contributed by atoms with Crippen LogP contribution < -0.4 is 0 Å². The molecule has 2 aromatic rings. The van der Waals surface area contributed by atoms with E-state index in [1.165, 1.54) is 36.9 Å². The summed E-state index contributed by atoms with van der Waals surface area (Å²) < 4.78 is 5.26. The van der Waals surface area contributed by atoms with Crippen molar-refractivity contribution in [3.63, 3.8) is 0 Å². The minimum absolute atomic E-state index is 0.00269. The van der Waals surface area contributed by atoms with Crippen LogP contribution in [0.15, 0.2) is 45.9 Å². The van der Waals surface area contributed by atoms with Crippen LogP contribution in [-0.4, -0.2) is 35.5 Å². The van der Waals surface area contributed by atoms with Gasteiger partial charge in [0.25, 0.3) is 5.91 Å². The largest absolute Gasteiger partial charge is 0.478 e. The van der Waals surface area contributed by atoms with Gasteiger partial charge < -0.3 is 14.4 Å². The van der Waals surface area contributed by atoms with E-state index in [-0.39, 0.29) is 11.5 Å². The number of carbonyl (C=O) groups excluding carboxylic acids is 1.